The molecule has 0 fully saturated rings. The van der Waals surface area contributed by atoms with Crippen molar-refractivity contribution in [3.05, 3.63) is 60.2 Å². The molecule has 2 aromatic carbocycles. The largest absolute Gasteiger partial charge is 0.308 e. The van der Waals surface area contributed by atoms with E-state index in [4.69, 9.17) is 0 Å². The fourth-order valence-corrected chi connectivity index (χ4v) is 3.90. The summed E-state index contributed by atoms with van der Waals surface area (Å²) in [6.45, 7) is 2.85. The first-order chi connectivity index (χ1) is 11.1. The number of nitrogens with zero attached hydrogens (tertiary/aromatic N) is 2. The Morgan fingerprint density at radius 3 is 2.43 bits per heavy atom. The topological polar surface area (TPSA) is 23.6 Å². The first kappa shape index (κ1) is 16.1. The zero-order chi connectivity index (χ0) is 16.4. The van der Waals surface area contributed by atoms with E-state index >= 15 is 0 Å². The van der Waals surface area contributed by atoms with Crippen molar-refractivity contribution < 1.29 is 4.79 Å². The molecule has 0 saturated heterocycles. The minimum absolute atomic E-state index is 0.166. The second-order valence-electron chi connectivity index (χ2n) is 6.14. The normalized spacial score (nSPS) is 18.9. The third kappa shape index (κ3) is 3.28. The maximum atomic E-state index is 13.1. The molecule has 1 aliphatic rings. The number of amides is 1. The highest BCUT2D eigenvalue weighted by Crippen LogP contribution is 2.46. The number of hydrogen-bond donors (Lipinski definition) is 0. The van der Waals surface area contributed by atoms with Gasteiger partial charge in [0.15, 0.2) is 0 Å². The van der Waals surface area contributed by atoms with E-state index in [9.17, 15) is 4.79 Å². The molecule has 2 unspecified atom stereocenters. The van der Waals surface area contributed by atoms with E-state index in [1.807, 2.05) is 53.4 Å². The summed E-state index contributed by atoms with van der Waals surface area (Å²) in [7, 11) is 4.10. The van der Waals surface area contributed by atoms with E-state index in [1.54, 1.807) is 11.8 Å². The van der Waals surface area contributed by atoms with Crippen LogP contribution in [0.3, 0.4) is 0 Å². The van der Waals surface area contributed by atoms with Crippen LogP contribution < -0.4 is 4.90 Å². The van der Waals surface area contributed by atoms with Crippen molar-refractivity contribution in [2.75, 3.05) is 25.5 Å². The molecule has 0 aliphatic carbocycles. The number of fused-ring (bicyclic) bond motifs is 1. The van der Waals surface area contributed by atoms with Crippen LogP contribution in [0.15, 0.2) is 59.5 Å². The van der Waals surface area contributed by atoms with Gasteiger partial charge in [-0.25, -0.2) is 0 Å². The summed E-state index contributed by atoms with van der Waals surface area (Å²) >= 11 is 1.65. The van der Waals surface area contributed by atoms with Crippen LogP contribution in [0.2, 0.25) is 0 Å². The number of likely N-dealkylation sites (N-methyl/N-ethyl adjacent to an activating group) is 1. The summed E-state index contributed by atoms with van der Waals surface area (Å²) in [6, 6.07) is 18.5. The predicted octanol–water partition coefficient (Wildman–Crippen LogP) is 3.82. The molecule has 0 N–H and O–H groups in total. The third-order valence-electron chi connectivity index (χ3n) is 4.32. The van der Waals surface area contributed by atoms with Crippen molar-refractivity contribution in [3.8, 4) is 0 Å². The number of para-hydroxylation sites is 1. The van der Waals surface area contributed by atoms with Gasteiger partial charge in [-0.15, -0.1) is 11.8 Å². The average Bonchev–Trinajstić information content (AvgIpc) is 2.57. The van der Waals surface area contributed by atoms with Gasteiger partial charge in [0.25, 0.3) is 0 Å². The van der Waals surface area contributed by atoms with Crippen LogP contribution in [0.5, 0.6) is 0 Å². The number of rotatable bonds is 4. The lowest BCUT2D eigenvalue weighted by Crippen LogP contribution is -2.45. The fourth-order valence-electron chi connectivity index (χ4n) is 2.67. The Kier molecular flexibility index (Phi) is 4.74. The molecule has 0 aromatic heterocycles. The molecule has 1 heterocycles. The molecule has 2 aromatic rings. The molecule has 2 atom stereocenters. The second kappa shape index (κ2) is 6.77. The zero-order valence-corrected chi connectivity index (χ0v) is 14.6. The molecule has 4 heteroatoms. The van der Waals surface area contributed by atoms with Crippen LogP contribution in [0.4, 0.5) is 5.69 Å². The van der Waals surface area contributed by atoms with E-state index in [0.29, 0.717) is 12.6 Å². The SMILES string of the molecule is CC(CN1C(=O)C(c2ccccc2)Sc2ccccc21)N(C)C. The van der Waals surface area contributed by atoms with Gasteiger partial charge in [0.05, 0.1) is 5.69 Å². The second-order valence-corrected chi connectivity index (χ2v) is 7.28. The smallest absolute Gasteiger partial charge is 0.245 e. The van der Waals surface area contributed by atoms with Gasteiger partial charge in [0.1, 0.15) is 5.25 Å². The molecule has 23 heavy (non-hydrogen) atoms. The minimum Gasteiger partial charge on any atom is -0.308 e. The van der Waals surface area contributed by atoms with E-state index in [-0.39, 0.29) is 11.2 Å². The van der Waals surface area contributed by atoms with Crippen molar-refractivity contribution in [1.29, 1.82) is 0 Å². The highest BCUT2D eigenvalue weighted by atomic mass is 32.2. The Morgan fingerprint density at radius 1 is 1.09 bits per heavy atom. The maximum absolute atomic E-state index is 13.1. The molecule has 0 bridgehead atoms. The van der Waals surface area contributed by atoms with Gasteiger partial charge in [0, 0.05) is 17.5 Å². The van der Waals surface area contributed by atoms with E-state index in [1.165, 1.54) is 4.90 Å². The van der Waals surface area contributed by atoms with Crippen molar-refractivity contribution in [3.63, 3.8) is 0 Å². The van der Waals surface area contributed by atoms with Gasteiger partial charge in [-0.3, -0.25) is 4.79 Å². The van der Waals surface area contributed by atoms with Gasteiger partial charge >= 0.3 is 0 Å². The number of carbonyl (C=O) groups is 1. The highest BCUT2D eigenvalue weighted by Gasteiger charge is 2.35. The van der Waals surface area contributed by atoms with Crippen molar-refractivity contribution >= 4 is 23.4 Å². The summed E-state index contributed by atoms with van der Waals surface area (Å²) in [5.41, 5.74) is 2.10. The molecule has 0 saturated carbocycles. The third-order valence-corrected chi connectivity index (χ3v) is 5.63. The van der Waals surface area contributed by atoms with Gasteiger partial charge < -0.3 is 9.80 Å². The number of carbonyl (C=O) groups excluding carboxylic acids is 1. The Labute approximate surface area is 142 Å². The number of hydrogen-bond acceptors (Lipinski definition) is 3. The van der Waals surface area contributed by atoms with Crippen LogP contribution in [0.25, 0.3) is 0 Å². The van der Waals surface area contributed by atoms with Gasteiger partial charge in [-0.1, -0.05) is 42.5 Å². The molecule has 1 amide bonds. The highest BCUT2D eigenvalue weighted by molar-refractivity contribution is 8.00. The zero-order valence-electron chi connectivity index (χ0n) is 13.8. The molecular weight excluding hydrogens is 304 g/mol. The van der Waals surface area contributed by atoms with E-state index in [0.717, 1.165) is 11.3 Å². The van der Waals surface area contributed by atoms with Gasteiger partial charge in [0.2, 0.25) is 5.91 Å². The Bertz CT molecular complexity index is 687. The average molecular weight is 326 g/mol. The molecule has 0 radical (unpaired) electrons. The van der Waals surface area contributed by atoms with Crippen LogP contribution in [0.1, 0.15) is 17.7 Å². The lowest BCUT2D eigenvalue weighted by molar-refractivity contribution is -0.118. The summed E-state index contributed by atoms with van der Waals surface area (Å²) in [6.07, 6.45) is 0. The maximum Gasteiger partial charge on any atom is 0.245 e. The van der Waals surface area contributed by atoms with Gasteiger partial charge in [-0.05, 0) is 38.7 Å². The van der Waals surface area contributed by atoms with Crippen molar-refractivity contribution in [2.24, 2.45) is 0 Å². The Morgan fingerprint density at radius 2 is 1.74 bits per heavy atom. The summed E-state index contributed by atoms with van der Waals surface area (Å²) < 4.78 is 0. The van der Waals surface area contributed by atoms with Crippen LogP contribution in [-0.2, 0) is 4.79 Å². The first-order valence-electron chi connectivity index (χ1n) is 7.86. The quantitative estimate of drug-likeness (QED) is 0.853. The van der Waals surface area contributed by atoms with Crippen molar-refractivity contribution in [2.45, 2.75) is 23.1 Å². The predicted molar refractivity (Wildman–Crippen MR) is 97.0 cm³/mol. The van der Waals surface area contributed by atoms with Crippen LogP contribution >= 0.6 is 11.8 Å². The van der Waals surface area contributed by atoms with Crippen LogP contribution in [-0.4, -0.2) is 37.5 Å². The van der Waals surface area contributed by atoms with Crippen molar-refractivity contribution in [1.82, 2.24) is 4.90 Å². The Hall–Kier alpha value is -1.78. The van der Waals surface area contributed by atoms with Crippen LogP contribution in [0, 0.1) is 0 Å². The lowest BCUT2D eigenvalue weighted by Gasteiger charge is -2.36. The number of thioether (sulfide) groups is 1. The monoisotopic (exact) mass is 326 g/mol. The van der Waals surface area contributed by atoms with E-state index < -0.39 is 0 Å². The molecule has 1 aliphatic heterocycles. The standard InChI is InChI=1S/C19H22N2OS/c1-14(20(2)3)13-21-16-11-7-8-12-17(16)23-18(19(21)22)15-9-5-4-6-10-15/h4-12,14,18H,13H2,1-3H3. The molecule has 3 nitrogen and oxygen atoms in total. The van der Waals surface area contributed by atoms with Gasteiger partial charge in [-0.2, -0.15) is 0 Å². The molecule has 120 valence electrons. The first-order valence-corrected chi connectivity index (χ1v) is 8.74. The summed E-state index contributed by atoms with van der Waals surface area (Å²) in [5.74, 6) is 0.175. The molecular formula is C19H22N2OS. The number of anilines is 1. The molecule has 0 spiro atoms. The Balaban J connectivity index is 1.98. The number of benzene rings is 2. The summed E-state index contributed by atoms with van der Waals surface area (Å²) in [5, 5.41) is -0.166. The lowest BCUT2D eigenvalue weighted by atomic mass is 10.1. The fraction of sp³-hybridized carbons (Fsp3) is 0.316. The molecule has 3 rings (SSSR count). The minimum atomic E-state index is -0.166. The summed E-state index contributed by atoms with van der Waals surface area (Å²) in [4.78, 5) is 18.4. The van der Waals surface area contributed by atoms with E-state index in [2.05, 4.69) is 32.0 Å².